The molecule has 4 rings (SSSR count). The van der Waals surface area contributed by atoms with E-state index in [9.17, 15) is 18.0 Å². The molecule has 1 amide bonds. The summed E-state index contributed by atoms with van der Waals surface area (Å²) in [6.45, 7) is 0.662. The smallest absolute Gasteiger partial charge is 0.433 e. The van der Waals surface area contributed by atoms with Crippen LogP contribution >= 0.6 is 0 Å². The molecule has 0 aromatic carbocycles. The predicted octanol–water partition coefficient (Wildman–Crippen LogP) is 3.47. The molecule has 29 heavy (non-hydrogen) atoms. The minimum atomic E-state index is -4.53. The second-order valence-corrected chi connectivity index (χ2v) is 6.75. The molecule has 0 N–H and O–H groups in total. The van der Waals surface area contributed by atoms with E-state index in [2.05, 4.69) is 15.0 Å². The number of nitrogens with zero attached hydrogens (tertiary/aromatic N) is 4. The topological polar surface area (TPSA) is 72.1 Å². The van der Waals surface area contributed by atoms with Crippen molar-refractivity contribution in [2.24, 2.45) is 0 Å². The zero-order valence-corrected chi connectivity index (χ0v) is 15.3. The average molecular weight is 402 g/mol. The lowest BCUT2D eigenvalue weighted by Crippen LogP contribution is -2.35. The van der Waals surface area contributed by atoms with Crippen LogP contribution in [0.2, 0.25) is 0 Å². The summed E-state index contributed by atoms with van der Waals surface area (Å²) in [7, 11) is 0. The van der Waals surface area contributed by atoms with Gasteiger partial charge in [0.1, 0.15) is 17.1 Å². The van der Waals surface area contributed by atoms with E-state index in [0.29, 0.717) is 31.0 Å². The molecular formula is C20H17F3N4O2. The highest BCUT2D eigenvalue weighted by Gasteiger charge is 2.33. The quantitative estimate of drug-likeness (QED) is 0.668. The van der Waals surface area contributed by atoms with Crippen LogP contribution in [0.3, 0.4) is 0 Å². The molecule has 0 fully saturated rings. The maximum Gasteiger partial charge on any atom is 0.433 e. The number of carbonyl (C=O) groups is 1. The first-order chi connectivity index (χ1) is 13.9. The molecule has 1 aliphatic heterocycles. The van der Waals surface area contributed by atoms with Gasteiger partial charge in [0.15, 0.2) is 5.89 Å². The minimum Gasteiger partial charge on any atom is -0.445 e. The number of fused-ring (bicyclic) bond motifs is 1. The Labute approximate surface area is 164 Å². The van der Waals surface area contributed by atoms with Crippen LogP contribution in [-0.2, 0) is 32.0 Å². The van der Waals surface area contributed by atoms with Crippen LogP contribution in [0.1, 0.15) is 39.0 Å². The lowest BCUT2D eigenvalue weighted by Gasteiger charge is -2.25. The van der Waals surface area contributed by atoms with Crippen molar-refractivity contribution in [1.82, 2.24) is 19.9 Å². The van der Waals surface area contributed by atoms with Gasteiger partial charge >= 0.3 is 6.18 Å². The number of amides is 1. The van der Waals surface area contributed by atoms with Gasteiger partial charge in [0.25, 0.3) is 5.91 Å². The van der Waals surface area contributed by atoms with Crippen molar-refractivity contribution in [2.75, 3.05) is 6.54 Å². The Bertz CT molecular complexity index is 1000. The molecule has 0 spiro atoms. The first-order valence-corrected chi connectivity index (χ1v) is 9.09. The molecule has 0 unspecified atom stereocenters. The van der Waals surface area contributed by atoms with E-state index < -0.39 is 11.9 Å². The Kier molecular flexibility index (Phi) is 5.04. The molecule has 0 atom stereocenters. The molecule has 0 bridgehead atoms. The van der Waals surface area contributed by atoms with E-state index in [1.807, 2.05) is 12.1 Å². The molecule has 150 valence electrons. The number of aromatic nitrogens is 3. The summed E-state index contributed by atoms with van der Waals surface area (Å²) >= 11 is 0. The maximum atomic E-state index is 12.6. The van der Waals surface area contributed by atoms with Crippen LogP contribution < -0.4 is 0 Å². The molecule has 0 saturated heterocycles. The van der Waals surface area contributed by atoms with Crippen LogP contribution in [-0.4, -0.2) is 32.3 Å². The number of pyridine rings is 2. The third-order valence-electron chi connectivity index (χ3n) is 4.71. The fourth-order valence-corrected chi connectivity index (χ4v) is 3.20. The fourth-order valence-electron chi connectivity index (χ4n) is 3.20. The van der Waals surface area contributed by atoms with Gasteiger partial charge in [-0.15, -0.1) is 0 Å². The van der Waals surface area contributed by atoms with Gasteiger partial charge in [0.2, 0.25) is 0 Å². The van der Waals surface area contributed by atoms with Crippen LogP contribution in [0.15, 0.2) is 47.3 Å². The third kappa shape index (κ3) is 4.28. The summed E-state index contributed by atoms with van der Waals surface area (Å²) in [5.74, 6) is 0.974. The largest absolute Gasteiger partial charge is 0.445 e. The molecule has 3 aromatic rings. The van der Waals surface area contributed by atoms with Gasteiger partial charge in [-0.2, -0.15) is 13.2 Å². The Balaban J connectivity index is 1.41. The average Bonchev–Trinajstić information content (AvgIpc) is 3.14. The number of carbonyl (C=O) groups excluding carboxylic acids is 1. The van der Waals surface area contributed by atoms with Gasteiger partial charge in [-0.1, -0.05) is 6.07 Å². The summed E-state index contributed by atoms with van der Waals surface area (Å²) in [5.41, 5.74) is 0.854. The molecular weight excluding hydrogens is 385 g/mol. The minimum absolute atomic E-state index is 0.113. The molecule has 1 aliphatic rings. The van der Waals surface area contributed by atoms with Crippen molar-refractivity contribution in [3.8, 4) is 0 Å². The molecule has 4 heterocycles. The van der Waals surface area contributed by atoms with Gasteiger partial charge in [-0.3, -0.25) is 14.8 Å². The van der Waals surface area contributed by atoms with Crippen LogP contribution in [0.4, 0.5) is 13.2 Å². The number of hydrogen-bond acceptors (Lipinski definition) is 5. The first-order valence-electron chi connectivity index (χ1n) is 9.09. The fraction of sp³-hybridized carbons (Fsp3) is 0.300. The molecule has 0 saturated carbocycles. The number of alkyl halides is 3. The van der Waals surface area contributed by atoms with Gasteiger partial charge in [0, 0.05) is 38.0 Å². The standard InChI is InChI=1S/C20H17F3N4O2/c21-20(22,23)17-5-4-14(11-25-17)19(28)27-9-7-16-15(12-27)26-18(29-16)6-3-13-2-1-8-24-10-13/h1-2,4-5,8,10-11H,3,6-7,9,12H2. The van der Waals surface area contributed by atoms with Crippen molar-refractivity contribution < 1.29 is 22.4 Å². The van der Waals surface area contributed by atoms with Crippen molar-refractivity contribution in [3.63, 3.8) is 0 Å². The van der Waals surface area contributed by atoms with E-state index in [1.54, 1.807) is 17.3 Å². The van der Waals surface area contributed by atoms with Crippen molar-refractivity contribution >= 4 is 5.91 Å². The normalized spacial score (nSPS) is 14.0. The first kappa shape index (κ1) is 19.1. The van der Waals surface area contributed by atoms with Gasteiger partial charge in [-0.05, 0) is 30.2 Å². The van der Waals surface area contributed by atoms with Gasteiger partial charge in [-0.25, -0.2) is 4.98 Å². The summed E-state index contributed by atoms with van der Waals surface area (Å²) < 4.78 is 43.7. The lowest BCUT2D eigenvalue weighted by atomic mass is 10.1. The highest BCUT2D eigenvalue weighted by molar-refractivity contribution is 5.94. The Hall–Kier alpha value is -3.23. The van der Waals surface area contributed by atoms with Crippen molar-refractivity contribution in [1.29, 1.82) is 0 Å². The van der Waals surface area contributed by atoms with Crippen LogP contribution in [0.5, 0.6) is 0 Å². The summed E-state index contributed by atoms with van der Waals surface area (Å²) in [6.07, 6.45) is 1.81. The molecule has 6 nitrogen and oxygen atoms in total. The van der Waals surface area contributed by atoms with Crippen molar-refractivity contribution in [2.45, 2.75) is 32.0 Å². The number of rotatable bonds is 4. The maximum absolute atomic E-state index is 12.6. The van der Waals surface area contributed by atoms with E-state index in [4.69, 9.17) is 4.42 Å². The van der Waals surface area contributed by atoms with Gasteiger partial charge in [0.05, 0.1) is 12.1 Å². The monoisotopic (exact) mass is 402 g/mol. The molecule has 9 heteroatoms. The summed E-state index contributed by atoms with van der Waals surface area (Å²) in [4.78, 5) is 26.1. The highest BCUT2D eigenvalue weighted by Crippen LogP contribution is 2.28. The Morgan fingerprint density at radius 3 is 2.72 bits per heavy atom. The third-order valence-corrected chi connectivity index (χ3v) is 4.71. The van der Waals surface area contributed by atoms with E-state index >= 15 is 0 Å². The molecule has 0 aliphatic carbocycles. The number of hydrogen-bond donors (Lipinski definition) is 0. The second kappa shape index (κ2) is 7.65. The van der Waals surface area contributed by atoms with E-state index in [-0.39, 0.29) is 18.0 Å². The van der Waals surface area contributed by atoms with Crippen LogP contribution in [0, 0.1) is 0 Å². The zero-order chi connectivity index (χ0) is 20.4. The van der Waals surface area contributed by atoms with Gasteiger partial charge < -0.3 is 9.32 Å². The number of aryl methyl sites for hydroxylation is 2. The van der Waals surface area contributed by atoms with E-state index in [0.717, 1.165) is 36.1 Å². The van der Waals surface area contributed by atoms with Crippen LogP contribution in [0.25, 0.3) is 0 Å². The predicted molar refractivity (Wildman–Crippen MR) is 95.8 cm³/mol. The molecule has 3 aromatic heterocycles. The highest BCUT2D eigenvalue weighted by atomic mass is 19.4. The lowest BCUT2D eigenvalue weighted by molar-refractivity contribution is -0.141. The summed E-state index contributed by atoms with van der Waals surface area (Å²) in [6, 6.07) is 5.81. The van der Waals surface area contributed by atoms with Crippen molar-refractivity contribution in [3.05, 3.63) is 77.0 Å². The Morgan fingerprint density at radius 2 is 2.03 bits per heavy atom. The molecule has 0 radical (unpaired) electrons. The zero-order valence-electron chi connectivity index (χ0n) is 15.3. The number of halogens is 3. The Morgan fingerprint density at radius 1 is 1.17 bits per heavy atom. The summed E-state index contributed by atoms with van der Waals surface area (Å²) in [5, 5.41) is 0. The second-order valence-electron chi connectivity index (χ2n) is 6.75. The SMILES string of the molecule is O=C(c1ccc(C(F)(F)F)nc1)N1CCc2oc(CCc3cccnc3)nc2C1. The van der Waals surface area contributed by atoms with E-state index in [1.165, 1.54) is 0 Å². The number of oxazole rings is 1.